The van der Waals surface area contributed by atoms with Crippen LogP contribution >= 0.6 is 11.3 Å². The van der Waals surface area contributed by atoms with Crippen LogP contribution in [-0.2, 0) is 24.8 Å². The predicted molar refractivity (Wildman–Crippen MR) is 130 cm³/mol. The molecule has 3 aromatic heterocycles. The number of aromatic nitrogens is 4. The van der Waals surface area contributed by atoms with Gasteiger partial charge in [0.25, 0.3) is 5.56 Å². The Balaban J connectivity index is 1.25. The molecule has 1 aliphatic rings. The highest BCUT2D eigenvalue weighted by molar-refractivity contribution is 7.09. The molecule has 8 nitrogen and oxygen atoms in total. The third-order valence-electron chi connectivity index (χ3n) is 6.52. The van der Waals surface area contributed by atoms with Crippen molar-refractivity contribution in [1.82, 2.24) is 29.4 Å². The first-order chi connectivity index (χ1) is 16.0. The van der Waals surface area contributed by atoms with Gasteiger partial charge in [-0.3, -0.25) is 23.5 Å². The highest BCUT2D eigenvalue weighted by atomic mass is 32.1. The summed E-state index contributed by atoms with van der Waals surface area (Å²) in [5, 5.41) is 14.6. The minimum absolute atomic E-state index is 0.0596. The number of fused-ring (bicyclic) bond motifs is 3. The monoisotopic (exact) mass is 464 g/mol. The van der Waals surface area contributed by atoms with Crippen molar-refractivity contribution in [3.05, 3.63) is 62.3 Å². The number of carbonyl (C=O) groups excluding carboxylic acids is 1. The van der Waals surface area contributed by atoms with E-state index in [1.807, 2.05) is 35.6 Å². The minimum atomic E-state index is -0.0638. The van der Waals surface area contributed by atoms with Gasteiger partial charge in [-0.1, -0.05) is 17.7 Å². The molecule has 0 bridgehead atoms. The Labute approximate surface area is 195 Å². The first-order valence-electron chi connectivity index (χ1n) is 11.4. The van der Waals surface area contributed by atoms with Crippen molar-refractivity contribution in [1.29, 1.82) is 0 Å². The van der Waals surface area contributed by atoms with Crippen LogP contribution < -0.4 is 10.9 Å². The zero-order chi connectivity index (χ0) is 22.9. The van der Waals surface area contributed by atoms with Crippen molar-refractivity contribution >= 4 is 33.9 Å². The van der Waals surface area contributed by atoms with E-state index in [2.05, 4.69) is 31.9 Å². The number of likely N-dealkylation sites (tertiary alicyclic amines) is 1. The van der Waals surface area contributed by atoms with E-state index < -0.39 is 0 Å². The van der Waals surface area contributed by atoms with Gasteiger partial charge >= 0.3 is 0 Å². The Bertz CT molecular complexity index is 1350. The lowest BCUT2D eigenvalue weighted by molar-refractivity contribution is -0.126. The third-order valence-corrected chi connectivity index (χ3v) is 7.45. The number of carbonyl (C=O) groups is 1. The normalized spacial score (nSPS) is 15.5. The second-order valence-corrected chi connectivity index (χ2v) is 9.84. The van der Waals surface area contributed by atoms with Crippen molar-refractivity contribution in [2.45, 2.75) is 32.7 Å². The maximum absolute atomic E-state index is 12.8. The molecule has 5 rings (SSSR count). The van der Waals surface area contributed by atoms with E-state index in [-0.39, 0.29) is 17.4 Å². The van der Waals surface area contributed by atoms with Crippen molar-refractivity contribution in [2.24, 2.45) is 13.0 Å². The molecule has 4 heterocycles. The van der Waals surface area contributed by atoms with Crippen molar-refractivity contribution in [2.75, 3.05) is 19.6 Å². The number of piperidine rings is 1. The Morgan fingerprint density at radius 2 is 2.03 bits per heavy atom. The highest BCUT2D eigenvalue weighted by Gasteiger charge is 2.26. The van der Waals surface area contributed by atoms with Gasteiger partial charge in [-0.05, 0) is 62.9 Å². The van der Waals surface area contributed by atoms with Gasteiger partial charge in [0.2, 0.25) is 11.7 Å². The molecule has 9 heteroatoms. The lowest BCUT2D eigenvalue weighted by atomic mass is 9.96. The quantitative estimate of drug-likeness (QED) is 0.474. The molecule has 1 saturated heterocycles. The molecule has 1 N–H and O–H groups in total. The number of rotatable bonds is 6. The second kappa shape index (κ2) is 9.07. The number of nitrogens with one attached hydrogen (secondary N) is 1. The van der Waals surface area contributed by atoms with Crippen LogP contribution in [-0.4, -0.2) is 49.6 Å². The Morgan fingerprint density at radius 1 is 1.21 bits per heavy atom. The summed E-state index contributed by atoms with van der Waals surface area (Å²) < 4.78 is 3.55. The molecule has 1 fully saturated rings. The molecule has 33 heavy (non-hydrogen) atoms. The lowest BCUT2D eigenvalue weighted by Crippen LogP contribution is -2.41. The standard InChI is InChI=1S/C24H28N6O2S/c1-16-5-6-20-19(14-16)23(32)28(2)24-27-26-21(30(20)24)15-29-11-8-17(9-12-29)22(31)25-10-7-18-4-3-13-33-18/h3-6,13-14,17H,7-12,15H2,1-2H3,(H,25,31). The molecule has 172 valence electrons. The lowest BCUT2D eigenvalue weighted by Gasteiger charge is -2.30. The van der Waals surface area contributed by atoms with Crippen LogP contribution in [0.2, 0.25) is 0 Å². The summed E-state index contributed by atoms with van der Waals surface area (Å²) in [7, 11) is 1.74. The fraction of sp³-hybridized carbons (Fsp3) is 0.417. The van der Waals surface area contributed by atoms with Gasteiger partial charge < -0.3 is 5.32 Å². The van der Waals surface area contributed by atoms with Gasteiger partial charge in [0.15, 0.2) is 5.82 Å². The summed E-state index contributed by atoms with van der Waals surface area (Å²) in [6, 6.07) is 10.0. The molecular formula is C24H28N6O2S. The van der Waals surface area contributed by atoms with Crippen LogP contribution in [0.15, 0.2) is 40.5 Å². The second-order valence-electron chi connectivity index (χ2n) is 8.81. The fourth-order valence-corrected chi connectivity index (χ4v) is 5.33. The van der Waals surface area contributed by atoms with Crippen LogP contribution in [0.1, 0.15) is 29.1 Å². The first-order valence-corrected chi connectivity index (χ1v) is 12.2. The van der Waals surface area contributed by atoms with Gasteiger partial charge in [-0.15, -0.1) is 21.5 Å². The smallest absolute Gasteiger partial charge is 0.262 e. The van der Waals surface area contributed by atoms with Crippen molar-refractivity contribution in [3.8, 4) is 0 Å². The van der Waals surface area contributed by atoms with Crippen LogP contribution in [0, 0.1) is 12.8 Å². The van der Waals surface area contributed by atoms with Crippen LogP contribution in [0.5, 0.6) is 0 Å². The number of benzene rings is 1. The minimum Gasteiger partial charge on any atom is -0.355 e. The van der Waals surface area contributed by atoms with Crippen LogP contribution in [0.3, 0.4) is 0 Å². The molecular weight excluding hydrogens is 436 g/mol. The van der Waals surface area contributed by atoms with Gasteiger partial charge in [0.05, 0.1) is 17.4 Å². The zero-order valence-corrected chi connectivity index (χ0v) is 19.8. The third kappa shape index (κ3) is 4.30. The van der Waals surface area contributed by atoms with E-state index in [1.165, 1.54) is 4.88 Å². The molecule has 0 radical (unpaired) electrons. The van der Waals surface area contributed by atoms with E-state index in [0.29, 0.717) is 24.3 Å². The largest absolute Gasteiger partial charge is 0.355 e. The number of hydrogen-bond acceptors (Lipinski definition) is 6. The van der Waals surface area contributed by atoms with Crippen molar-refractivity contribution < 1.29 is 4.79 Å². The first kappa shape index (κ1) is 21.8. The molecule has 0 spiro atoms. The van der Waals surface area contributed by atoms with E-state index in [0.717, 1.165) is 49.3 Å². The van der Waals surface area contributed by atoms with Crippen LogP contribution in [0.25, 0.3) is 16.7 Å². The van der Waals surface area contributed by atoms with Crippen molar-refractivity contribution in [3.63, 3.8) is 0 Å². The van der Waals surface area contributed by atoms with Gasteiger partial charge in [0, 0.05) is 24.4 Å². The van der Waals surface area contributed by atoms with Gasteiger partial charge in [0.1, 0.15) is 0 Å². The summed E-state index contributed by atoms with van der Waals surface area (Å²) in [5.74, 6) is 1.58. The summed E-state index contributed by atoms with van der Waals surface area (Å²) in [6.45, 7) is 4.98. The Kier molecular flexibility index (Phi) is 5.99. The van der Waals surface area contributed by atoms with E-state index in [1.54, 1.807) is 23.0 Å². The maximum Gasteiger partial charge on any atom is 0.262 e. The summed E-state index contributed by atoms with van der Waals surface area (Å²) >= 11 is 1.73. The molecule has 0 unspecified atom stereocenters. The summed E-state index contributed by atoms with van der Waals surface area (Å²) in [6.07, 6.45) is 2.55. The SMILES string of the molecule is Cc1ccc2c(c1)c(=O)n(C)c1nnc(CN3CCC(C(=O)NCCc4cccs4)CC3)n21. The molecule has 1 amide bonds. The maximum atomic E-state index is 12.8. The van der Waals surface area contributed by atoms with Crippen LogP contribution in [0.4, 0.5) is 0 Å². The average molecular weight is 465 g/mol. The van der Waals surface area contributed by atoms with Gasteiger partial charge in [-0.2, -0.15) is 0 Å². The van der Waals surface area contributed by atoms with E-state index in [9.17, 15) is 9.59 Å². The number of nitrogens with zero attached hydrogens (tertiary/aromatic N) is 5. The molecule has 1 aliphatic heterocycles. The predicted octanol–water partition coefficient (Wildman–Crippen LogP) is 2.52. The summed E-state index contributed by atoms with van der Waals surface area (Å²) in [5.41, 5.74) is 1.81. The van der Waals surface area contributed by atoms with Gasteiger partial charge in [-0.25, -0.2) is 0 Å². The fourth-order valence-electron chi connectivity index (χ4n) is 4.62. The zero-order valence-electron chi connectivity index (χ0n) is 19.0. The number of aryl methyl sites for hydroxylation is 2. The molecule has 0 saturated carbocycles. The molecule has 0 atom stereocenters. The molecule has 0 aliphatic carbocycles. The Morgan fingerprint density at radius 3 is 2.79 bits per heavy atom. The van der Waals surface area contributed by atoms with E-state index >= 15 is 0 Å². The molecule has 4 aromatic rings. The Hall–Kier alpha value is -3.04. The topological polar surface area (TPSA) is 84.5 Å². The average Bonchev–Trinajstić information content (AvgIpc) is 3.48. The molecule has 1 aromatic carbocycles. The summed E-state index contributed by atoms with van der Waals surface area (Å²) in [4.78, 5) is 29.0. The van der Waals surface area contributed by atoms with E-state index in [4.69, 9.17) is 0 Å². The number of thiophene rings is 1. The number of hydrogen-bond donors (Lipinski definition) is 1. The number of amides is 1. The highest BCUT2D eigenvalue weighted by Crippen LogP contribution is 2.21.